The zero-order chi connectivity index (χ0) is 17.8. The Kier molecular flexibility index (Phi) is 6.05. The SMILES string of the molecule is COc1c(O)c(CCCC(=O)O)c(C)c(OS(=O)(=O)[O-])c1OC. The Bertz CT molecular complexity index is 694. The Labute approximate surface area is 133 Å². The van der Waals surface area contributed by atoms with E-state index in [1.165, 1.54) is 21.1 Å². The molecule has 10 heteroatoms. The number of methoxy groups -OCH3 is 2. The number of aromatic hydroxyl groups is 1. The molecule has 9 nitrogen and oxygen atoms in total. The Morgan fingerprint density at radius 3 is 2.17 bits per heavy atom. The summed E-state index contributed by atoms with van der Waals surface area (Å²) in [5.41, 5.74) is 0.354. The second kappa shape index (κ2) is 7.38. The van der Waals surface area contributed by atoms with E-state index in [4.69, 9.17) is 14.6 Å². The largest absolute Gasteiger partial charge is 0.716 e. The lowest BCUT2D eigenvalue weighted by Gasteiger charge is -2.21. The summed E-state index contributed by atoms with van der Waals surface area (Å²) >= 11 is 0. The maximum absolute atomic E-state index is 10.9. The van der Waals surface area contributed by atoms with Crippen molar-refractivity contribution in [2.45, 2.75) is 26.2 Å². The van der Waals surface area contributed by atoms with Gasteiger partial charge in [-0.3, -0.25) is 4.79 Å². The first-order valence-corrected chi connectivity index (χ1v) is 7.79. The number of ether oxygens (including phenoxy) is 2. The van der Waals surface area contributed by atoms with Crippen LogP contribution in [0.2, 0.25) is 0 Å². The zero-order valence-corrected chi connectivity index (χ0v) is 13.6. The quantitative estimate of drug-likeness (QED) is 0.518. The molecular formula is C13H17O9S-. The predicted molar refractivity (Wildman–Crippen MR) is 76.8 cm³/mol. The molecule has 0 saturated carbocycles. The standard InChI is InChI=1S/C13H18O9S/c1-7-8(5-4-6-9(14)15)10(16)12(20-2)13(21-3)11(7)22-23(17,18)19/h16H,4-6H2,1-3H3,(H,14,15)(H,17,18,19)/p-1. The molecule has 23 heavy (non-hydrogen) atoms. The summed E-state index contributed by atoms with van der Waals surface area (Å²) < 4.78 is 47.1. The van der Waals surface area contributed by atoms with Gasteiger partial charge in [0.2, 0.25) is 11.5 Å². The first-order chi connectivity index (χ1) is 10.6. The van der Waals surface area contributed by atoms with Gasteiger partial charge in [0.1, 0.15) is 0 Å². The van der Waals surface area contributed by atoms with Gasteiger partial charge in [-0.05, 0) is 19.8 Å². The van der Waals surface area contributed by atoms with Crippen molar-refractivity contribution >= 4 is 16.4 Å². The van der Waals surface area contributed by atoms with Gasteiger partial charge in [0, 0.05) is 17.5 Å². The van der Waals surface area contributed by atoms with Crippen molar-refractivity contribution in [3.8, 4) is 23.0 Å². The minimum atomic E-state index is -5.08. The normalized spacial score (nSPS) is 11.1. The number of rotatable bonds is 8. The molecule has 0 saturated heterocycles. The summed E-state index contributed by atoms with van der Waals surface area (Å²) in [6.45, 7) is 1.41. The molecule has 0 spiro atoms. The highest BCUT2D eigenvalue weighted by Gasteiger charge is 2.25. The van der Waals surface area contributed by atoms with Crippen LogP contribution in [-0.4, -0.2) is 43.4 Å². The maximum Gasteiger partial charge on any atom is 0.303 e. The summed E-state index contributed by atoms with van der Waals surface area (Å²) in [5.74, 6) is -2.20. The predicted octanol–water partition coefficient (Wildman–Crippen LogP) is 0.964. The summed E-state index contributed by atoms with van der Waals surface area (Å²) in [6, 6.07) is 0. The third kappa shape index (κ3) is 4.63. The molecule has 0 aliphatic carbocycles. The fraction of sp³-hybridized carbons (Fsp3) is 0.462. The second-order valence-corrected chi connectivity index (χ2v) is 5.57. The molecule has 0 unspecified atom stereocenters. The topological polar surface area (TPSA) is 142 Å². The molecule has 0 fully saturated rings. The average Bonchev–Trinajstić information content (AvgIpc) is 2.43. The van der Waals surface area contributed by atoms with Gasteiger partial charge in [-0.25, -0.2) is 8.42 Å². The van der Waals surface area contributed by atoms with E-state index < -0.39 is 22.1 Å². The van der Waals surface area contributed by atoms with Crippen molar-refractivity contribution in [3.05, 3.63) is 11.1 Å². The van der Waals surface area contributed by atoms with Crippen molar-refractivity contribution in [1.82, 2.24) is 0 Å². The van der Waals surface area contributed by atoms with Gasteiger partial charge in [0.25, 0.3) is 10.4 Å². The molecule has 130 valence electrons. The molecule has 0 bridgehead atoms. The van der Waals surface area contributed by atoms with E-state index in [1.54, 1.807) is 0 Å². The molecule has 0 aromatic heterocycles. The van der Waals surface area contributed by atoms with Crippen LogP contribution in [0.5, 0.6) is 23.0 Å². The molecule has 0 heterocycles. The highest BCUT2D eigenvalue weighted by Crippen LogP contribution is 2.49. The van der Waals surface area contributed by atoms with Gasteiger partial charge in [-0.15, -0.1) is 0 Å². The van der Waals surface area contributed by atoms with E-state index in [0.717, 1.165) is 0 Å². The number of hydrogen-bond acceptors (Lipinski definition) is 8. The van der Waals surface area contributed by atoms with Crippen molar-refractivity contribution in [1.29, 1.82) is 0 Å². The van der Waals surface area contributed by atoms with Crippen LogP contribution in [-0.2, 0) is 21.6 Å². The van der Waals surface area contributed by atoms with E-state index in [1.807, 2.05) is 0 Å². The molecule has 1 rings (SSSR count). The van der Waals surface area contributed by atoms with Crippen LogP contribution in [0.1, 0.15) is 24.0 Å². The number of benzene rings is 1. The van der Waals surface area contributed by atoms with Crippen molar-refractivity contribution < 1.29 is 41.6 Å². The first-order valence-electron chi connectivity index (χ1n) is 6.45. The van der Waals surface area contributed by atoms with Crippen molar-refractivity contribution in [2.24, 2.45) is 0 Å². The number of phenols is 1. The van der Waals surface area contributed by atoms with E-state index in [2.05, 4.69) is 4.18 Å². The van der Waals surface area contributed by atoms with Gasteiger partial charge < -0.3 is 28.4 Å². The lowest BCUT2D eigenvalue weighted by Crippen LogP contribution is -2.11. The third-order valence-electron chi connectivity index (χ3n) is 3.12. The lowest BCUT2D eigenvalue weighted by atomic mass is 9.99. The highest BCUT2D eigenvalue weighted by atomic mass is 32.3. The van der Waals surface area contributed by atoms with Gasteiger partial charge in [0.15, 0.2) is 11.5 Å². The fourth-order valence-electron chi connectivity index (χ4n) is 2.13. The number of carboxylic acids is 1. The highest BCUT2D eigenvalue weighted by molar-refractivity contribution is 7.81. The van der Waals surface area contributed by atoms with Crippen molar-refractivity contribution in [2.75, 3.05) is 14.2 Å². The lowest BCUT2D eigenvalue weighted by molar-refractivity contribution is -0.137. The van der Waals surface area contributed by atoms with Gasteiger partial charge in [0.05, 0.1) is 14.2 Å². The second-order valence-electron chi connectivity index (χ2n) is 4.59. The monoisotopic (exact) mass is 349 g/mol. The van der Waals surface area contributed by atoms with Crippen LogP contribution in [0, 0.1) is 6.92 Å². The first kappa shape index (κ1) is 18.8. The molecule has 0 aliphatic heterocycles. The Morgan fingerprint density at radius 2 is 1.74 bits per heavy atom. The minimum absolute atomic E-state index is 0.111. The molecule has 0 amide bonds. The maximum atomic E-state index is 10.9. The molecule has 1 aromatic carbocycles. The summed E-state index contributed by atoms with van der Waals surface area (Å²) in [6.07, 6.45) is 0.144. The molecule has 1 aromatic rings. The molecule has 2 N–H and O–H groups in total. The van der Waals surface area contributed by atoms with E-state index >= 15 is 0 Å². The van der Waals surface area contributed by atoms with Crippen LogP contribution in [0.15, 0.2) is 0 Å². The average molecular weight is 349 g/mol. The molecule has 0 aliphatic rings. The van der Waals surface area contributed by atoms with E-state index in [0.29, 0.717) is 0 Å². The fourth-order valence-corrected chi connectivity index (χ4v) is 2.54. The van der Waals surface area contributed by atoms with E-state index in [9.17, 15) is 22.9 Å². The zero-order valence-electron chi connectivity index (χ0n) is 12.8. The number of aliphatic carboxylic acids is 1. The summed E-state index contributed by atoms with van der Waals surface area (Å²) in [4.78, 5) is 10.6. The van der Waals surface area contributed by atoms with Crippen LogP contribution >= 0.6 is 0 Å². The van der Waals surface area contributed by atoms with Crippen LogP contribution < -0.4 is 13.7 Å². The smallest absolute Gasteiger partial charge is 0.303 e. The summed E-state index contributed by atoms with van der Waals surface area (Å²) in [5, 5.41) is 18.9. The Hall–Kier alpha value is -2.20. The van der Waals surface area contributed by atoms with Gasteiger partial charge in [-0.1, -0.05) is 0 Å². The third-order valence-corrected chi connectivity index (χ3v) is 3.49. The molecular weight excluding hydrogens is 332 g/mol. The number of hydrogen-bond donors (Lipinski definition) is 2. The van der Waals surface area contributed by atoms with Crippen molar-refractivity contribution in [3.63, 3.8) is 0 Å². The van der Waals surface area contributed by atoms with Crippen LogP contribution in [0.4, 0.5) is 0 Å². The Morgan fingerprint density at radius 1 is 1.17 bits per heavy atom. The Balaban J connectivity index is 3.45. The number of carbonyl (C=O) groups is 1. The van der Waals surface area contributed by atoms with Crippen LogP contribution in [0.3, 0.4) is 0 Å². The van der Waals surface area contributed by atoms with Gasteiger partial charge >= 0.3 is 5.97 Å². The van der Waals surface area contributed by atoms with Gasteiger partial charge in [-0.2, -0.15) is 0 Å². The van der Waals surface area contributed by atoms with E-state index in [-0.39, 0.29) is 47.6 Å². The number of carboxylic acid groups (broad SMARTS) is 1. The molecule has 0 atom stereocenters. The minimum Gasteiger partial charge on any atom is -0.716 e. The number of phenolic OH excluding ortho intramolecular Hbond substituents is 1. The summed E-state index contributed by atoms with van der Waals surface area (Å²) in [7, 11) is -2.68. The van der Waals surface area contributed by atoms with Crippen LogP contribution in [0.25, 0.3) is 0 Å². The molecule has 0 radical (unpaired) electrons.